The number of hydrogen-bond donors (Lipinski definition) is 0. The summed E-state index contributed by atoms with van der Waals surface area (Å²) in [7, 11) is 0. The third-order valence-electron chi connectivity index (χ3n) is 4.17. The van der Waals surface area contributed by atoms with E-state index in [1.165, 1.54) is 18.4 Å². The Balaban J connectivity index is 2.28. The largest absolute Gasteiger partial charge is 0.252 e. The smallest absolute Gasteiger partial charge is 0.160 e. The van der Waals surface area contributed by atoms with E-state index < -0.39 is 0 Å². The minimum absolute atomic E-state index is 0.172. The lowest BCUT2D eigenvalue weighted by atomic mass is 9.77. The van der Waals surface area contributed by atoms with Crippen LogP contribution in [0, 0.1) is 11.3 Å². The Morgan fingerprint density at radius 2 is 2.00 bits per heavy atom. The van der Waals surface area contributed by atoms with Gasteiger partial charge in [0.2, 0.25) is 0 Å². The van der Waals surface area contributed by atoms with Gasteiger partial charge in [-0.25, -0.2) is 4.98 Å². The zero-order valence-electron chi connectivity index (χ0n) is 13.5. The number of aromatic nitrogens is 3. The highest BCUT2D eigenvalue weighted by Gasteiger charge is 2.32. The first-order chi connectivity index (χ1) is 10.7. The summed E-state index contributed by atoms with van der Waals surface area (Å²) in [5.41, 5.74) is 1.08. The summed E-state index contributed by atoms with van der Waals surface area (Å²) in [6.45, 7) is 5.04. The predicted octanol–water partition coefficient (Wildman–Crippen LogP) is 4.08. The molecule has 0 fully saturated rings. The quantitative estimate of drug-likeness (QED) is 0.690. The van der Waals surface area contributed by atoms with Crippen LogP contribution in [0.4, 0.5) is 0 Å². The minimum atomic E-state index is -0.172. The lowest BCUT2D eigenvalue weighted by molar-refractivity contribution is 0.452. The molecule has 1 unspecified atom stereocenters. The van der Waals surface area contributed by atoms with E-state index in [9.17, 15) is 0 Å². The summed E-state index contributed by atoms with van der Waals surface area (Å²) in [6.07, 6.45) is 6.82. The monoisotopic (exact) mass is 296 g/mol. The molecule has 0 saturated heterocycles. The first-order valence-corrected chi connectivity index (χ1v) is 8.03. The second-order valence-electron chi connectivity index (χ2n) is 5.89. The van der Waals surface area contributed by atoms with E-state index in [-0.39, 0.29) is 5.41 Å². The predicted molar refractivity (Wildman–Crippen MR) is 87.3 cm³/mol. The van der Waals surface area contributed by atoms with E-state index in [2.05, 4.69) is 54.3 Å². The van der Waals surface area contributed by atoms with Gasteiger partial charge in [0.1, 0.15) is 6.33 Å². The Kier molecular flexibility index (Phi) is 5.71. The third-order valence-corrected chi connectivity index (χ3v) is 4.17. The van der Waals surface area contributed by atoms with Gasteiger partial charge in [0.25, 0.3) is 0 Å². The third kappa shape index (κ3) is 3.73. The van der Waals surface area contributed by atoms with Crippen molar-refractivity contribution in [2.24, 2.45) is 0 Å². The first-order valence-electron chi connectivity index (χ1n) is 8.03. The number of unbranched alkanes of at least 4 members (excludes halogenated alkanes) is 2. The summed E-state index contributed by atoms with van der Waals surface area (Å²) in [4.78, 5) is 4.54. The fourth-order valence-corrected chi connectivity index (χ4v) is 2.74. The molecular weight excluding hydrogens is 272 g/mol. The van der Waals surface area contributed by atoms with E-state index in [1.807, 2.05) is 6.07 Å². The zero-order chi connectivity index (χ0) is 15.8. The van der Waals surface area contributed by atoms with Crippen molar-refractivity contribution in [3.05, 3.63) is 48.0 Å². The number of nitriles is 1. The second-order valence-corrected chi connectivity index (χ2v) is 5.89. The molecule has 0 saturated carbocycles. The molecule has 0 bridgehead atoms. The normalized spacial score (nSPS) is 13.5. The molecule has 0 radical (unpaired) electrons. The van der Waals surface area contributed by atoms with Crippen LogP contribution in [-0.2, 0) is 12.0 Å². The van der Waals surface area contributed by atoms with E-state index in [0.29, 0.717) is 13.0 Å². The van der Waals surface area contributed by atoms with E-state index in [4.69, 9.17) is 5.26 Å². The van der Waals surface area contributed by atoms with Gasteiger partial charge in [-0.3, -0.25) is 4.68 Å². The molecule has 0 aliphatic rings. The SMILES string of the molecule is CCCCCC(C)(c1ccccc1)c1ncn(CCC#N)n1. The molecule has 1 heterocycles. The van der Waals surface area contributed by atoms with Crippen LogP contribution in [0.2, 0.25) is 0 Å². The van der Waals surface area contributed by atoms with Crippen LogP contribution in [0.15, 0.2) is 36.7 Å². The lowest BCUT2D eigenvalue weighted by Crippen LogP contribution is -2.25. The molecule has 2 rings (SSSR count). The molecule has 4 heteroatoms. The highest BCUT2D eigenvalue weighted by Crippen LogP contribution is 2.34. The molecule has 1 aromatic carbocycles. The Hall–Kier alpha value is -2.15. The Morgan fingerprint density at radius 1 is 1.23 bits per heavy atom. The first kappa shape index (κ1) is 16.2. The molecule has 0 aliphatic carbocycles. The summed E-state index contributed by atoms with van der Waals surface area (Å²) in [5.74, 6) is 0.854. The van der Waals surface area contributed by atoms with Crippen LogP contribution >= 0.6 is 0 Å². The molecule has 2 aromatic rings. The van der Waals surface area contributed by atoms with Crippen molar-refractivity contribution in [3.63, 3.8) is 0 Å². The number of benzene rings is 1. The van der Waals surface area contributed by atoms with Crippen LogP contribution in [0.5, 0.6) is 0 Å². The summed E-state index contributed by atoms with van der Waals surface area (Å²) in [5, 5.41) is 13.3. The van der Waals surface area contributed by atoms with Gasteiger partial charge in [0.15, 0.2) is 5.82 Å². The second kappa shape index (κ2) is 7.74. The highest BCUT2D eigenvalue weighted by atomic mass is 15.3. The van der Waals surface area contributed by atoms with Gasteiger partial charge in [0, 0.05) is 0 Å². The molecule has 1 atom stereocenters. The van der Waals surface area contributed by atoms with Crippen LogP contribution in [0.3, 0.4) is 0 Å². The molecule has 0 spiro atoms. The standard InChI is InChI=1S/C18H24N4/c1-3-4-8-12-18(2,16-10-6-5-7-11-16)17-20-15-22(21-17)14-9-13-19/h5-7,10-11,15H,3-4,8-9,12,14H2,1-2H3. The fraction of sp³-hybridized carbons (Fsp3) is 0.500. The van der Waals surface area contributed by atoms with Gasteiger partial charge in [-0.15, -0.1) is 0 Å². The number of rotatable bonds is 8. The van der Waals surface area contributed by atoms with Crippen molar-refractivity contribution in [2.75, 3.05) is 0 Å². The molecule has 0 amide bonds. The van der Waals surface area contributed by atoms with Gasteiger partial charge in [-0.2, -0.15) is 10.4 Å². The molecule has 1 aromatic heterocycles. The fourth-order valence-electron chi connectivity index (χ4n) is 2.74. The Morgan fingerprint density at radius 3 is 2.68 bits per heavy atom. The van der Waals surface area contributed by atoms with Gasteiger partial charge in [-0.05, 0) is 18.9 Å². The van der Waals surface area contributed by atoms with Crippen LogP contribution < -0.4 is 0 Å². The average Bonchev–Trinajstić information content (AvgIpc) is 3.03. The van der Waals surface area contributed by atoms with Crippen molar-refractivity contribution in [2.45, 2.75) is 57.9 Å². The van der Waals surface area contributed by atoms with Gasteiger partial charge < -0.3 is 0 Å². The van der Waals surface area contributed by atoms with Crippen molar-refractivity contribution >= 4 is 0 Å². The highest BCUT2D eigenvalue weighted by molar-refractivity contribution is 5.31. The lowest BCUT2D eigenvalue weighted by Gasteiger charge is -2.27. The number of hydrogen-bond acceptors (Lipinski definition) is 3. The molecular formula is C18H24N4. The Labute approximate surface area is 132 Å². The minimum Gasteiger partial charge on any atom is -0.252 e. The van der Waals surface area contributed by atoms with Crippen LogP contribution in [-0.4, -0.2) is 14.8 Å². The van der Waals surface area contributed by atoms with Gasteiger partial charge in [-0.1, -0.05) is 56.5 Å². The topological polar surface area (TPSA) is 54.5 Å². The van der Waals surface area contributed by atoms with Crippen molar-refractivity contribution in [1.82, 2.24) is 14.8 Å². The summed E-state index contributed by atoms with van der Waals surface area (Å²) >= 11 is 0. The molecule has 116 valence electrons. The maximum Gasteiger partial charge on any atom is 0.160 e. The molecule has 4 nitrogen and oxygen atoms in total. The zero-order valence-corrected chi connectivity index (χ0v) is 13.5. The number of aryl methyl sites for hydroxylation is 1. The number of nitrogens with zero attached hydrogens (tertiary/aromatic N) is 4. The molecule has 0 aliphatic heterocycles. The molecule has 22 heavy (non-hydrogen) atoms. The maximum absolute atomic E-state index is 8.70. The van der Waals surface area contributed by atoms with Crippen molar-refractivity contribution in [3.8, 4) is 6.07 Å². The maximum atomic E-state index is 8.70. The average molecular weight is 296 g/mol. The van der Waals surface area contributed by atoms with E-state index in [1.54, 1.807) is 11.0 Å². The summed E-state index contributed by atoms with van der Waals surface area (Å²) in [6, 6.07) is 12.6. The van der Waals surface area contributed by atoms with Gasteiger partial charge in [0.05, 0.1) is 24.4 Å². The van der Waals surface area contributed by atoms with E-state index >= 15 is 0 Å². The van der Waals surface area contributed by atoms with Gasteiger partial charge >= 0.3 is 0 Å². The Bertz CT molecular complexity index is 612. The molecule has 0 N–H and O–H groups in total. The van der Waals surface area contributed by atoms with E-state index in [0.717, 1.165) is 18.7 Å². The van der Waals surface area contributed by atoms with Crippen LogP contribution in [0.1, 0.15) is 57.3 Å². The van der Waals surface area contributed by atoms with Crippen molar-refractivity contribution in [1.29, 1.82) is 5.26 Å². The van der Waals surface area contributed by atoms with Crippen LogP contribution in [0.25, 0.3) is 0 Å². The summed E-state index contributed by atoms with van der Waals surface area (Å²) < 4.78 is 1.78. The van der Waals surface area contributed by atoms with Crippen molar-refractivity contribution < 1.29 is 0 Å².